The zero-order valence-electron chi connectivity index (χ0n) is 21.3. The number of thioether (sulfide) groups is 1. The summed E-state index contributed by atoms with van der Waals surface area (Å²) in [6, 6.07) is 11.2. The Morgan fingerprint density at radius 1 is 1.15 bits per heavy atom. The minimum atomic E-state index is -3.94. The Morgan fingerprint density at radius 2 is 1.85 bits per heavy atom. The Kier molecular flexibility index (Phi) is 10.8. The van der Waals surface area contributed by atoms with Crippen LogP contribution >= 0.6 is 23.1 Å². The van der Waals surface area contributed by atoms with Crippen LogP contribution in [0.4, 0.5) is 5.69 Å². The van der Waals surface area contributed by atoms with Gasteiger partial charge in [0.25, 0.3) is 0 Å². The van der Waals surface area contributed by atoms with E-state index in [1.54, 1.807) is 36.6 Å². The number of nitrogens with two attached hydrogens (primary N) is 1. The molecule has 1 amide bonds. The van der Waals surface area contributed by atoms with Gasteiger partial charge in [0.2, 0.25) is 15.7 Å². The summed E-state index contributed by atoms with van der Waals surface area (Å²) in [5.74, 6) is -0.172. The highest BCUT2D eigenvalue weighted by Crippen LogP contribution is 2.40. The van der Waals surface area contributed by atoms with Crippen LogP contribution in [0, 0.1) is 12.3 Å². The first-order valence-corrected chi connectivity index (χ1v) is 16.9. The normalized spacial score (nSPS) is 11.5. The maximum atomic E-state index is 13.6. The molecule has 0 unspecified atom stereocenters. The number of rotatable bonds is 11. The molecular weight excluding hydrogens is 579 g/mol. The molecule has 0 aliphatic carbocycles. The number of sulfone groups is 2. The highest BCUT2D eigenvalue weighted by molar-refractivity contribution is 8.01. The van der Waals surface area contributed by atoms with Crippen molar-refractivity contribution in [2.75, 3.05) is 30.7 Å². The van der Waals surface area contributed by atoms with E-state index in [2.05, 4.69) is 5.32 Å². The van der Waals surface area contributed by atoms with Gasteiger partial charge in [-0.1, -0.05) is 19.6 Å². The van der Waals surface area contributed by atoms with Crippen LogP contribution in [0.2, 0.25) is 0 Å². The number of amides is 1. The fourth-order valence-electron chi connectivity index (χ4n) is 3.83. The molecule has 0 saturated carbocycles. The number of carbonyl (C=O) groups is 1. The summed E-state index contributed by atoms with van der Waals surface area (Å²) in [5, 5.41) is 10.5. The average molecular weight is 612 g/mol. The molecule has 0 bridgehead atoms. The van der Waals surface area contributed by atoms with Gasteiger partial charge in [0.05, 0.1) is 37.4 Å². The predicted octanol–water partition coefficient (Wildman–Crippen LogP) is 4.97. The van der Waals surface area contributed by atoms with Gasteiger partial charge in [0.15, 0.2) is 0 Å². The van der Waals surface area contributed by atoms with Crippen molar-refractivity contribution in [2.45, 2.75) is 41.2 Å². The number of benzene rings is 2. The summed E-state index contributed by atoms with van der Waals surface area (Å²) in [5.41, 5.74) is 7.92. The Labute approximate surface area is 238 Å². The van der Waals surface area contributed by atoms with Crippen molar-refractivity contribution < 1.29 is 26.4 Å². The van der Waals surface area contributed by atoms with Crippen molar-refractivity contribution in [1.82, 2.24) is 0 Å². The molecule has 4 N–H and O–H groups in total. The zero-order chi connectivity index (χ0) is 28.3. The number of hydrogen-bond acceptors (Lipinski definition) is 9. The van der Waals surface area contributed by atoms with E-state index in [-0.39, 0.29) is 47.6 Å². The van der Waals surface area contributed by atoms with Crippen LogP contribution in [-0.2, 0) is 24.5 Å². The molecule has 0 spiro atoms. The standard InChI is InChI=1S/C25H29N3O6S4.CH4/c1-15-11-17(34-2)13-19(28-22(29)9-6-10-37(4,30)31)23(15)16-7-5-8-18(12-16)38(32,33)21-14-20(24(26)27)36-25(21)35-3;/h5,7-8,11-14H,6,9-10H2,1-4H3,(H3,26,27)(H,28,29);1H4. The molecule has 2 aromatic carbocycles. The number of amidine groups is 1. The number of ether oxygens (including phenoxy) is 1. The van der Waals surface area contributed by atoms with Crippen LogP contribution < -0.4 is 15.8 Å². The van der Waals surface area contributed by atoms with Crippen molar-refractivity contribution in [1.29, 1.82) is 5.41 Å². The molecule has 0 aliphatic heterocycles. The van der Waals surface area contributed by atoms with Crippen LogP contribution in [0.5, 0.6) is 5.75 Å². The lowest BCUT2D eigenvalue weighted by atomic mass is 9.98. The Morgan fingerprint density at radius 3 is 2.44 bits per heavy atom. The zero-order valence-corrected chi connectivity index (χ0v) is 24.6. The summed E-state index contributed by atoms with van der Waals surface area (Å²) in [6.07, 6.45) is 3.06. The van der Waals surface area contributed by atoms with Crippen LogP contribution in [0.15, 0.2) is 56.5 Å². The summed E-state index contributed by atoms with van der Waals surface area (Å²) in [6.45, 7) is 1.82. The van der Waals surface area contributed by atoms with E-state index in [0.717, 1.165) is 23.2 Å². The second-order valence-electron chi connectivity index (χ2n) is 8.56. The molecule has 9 nitrogen and oxygen atoms in total. The van der Waals surface area contributed by atoms with Gasteiger partial charge in [-0.2, -0.15) is 0 Å². The molecule has 0 fully saturated rings. The van der Waals surface area contributed by atoms with E-state index in [9.17, 15) is 21.6 Å². The first kappa shape index (κ1) is 32.3. The van der Waals surface area contributed by atoms with E-state index < -0.39 is 19.7 Å². The van der Waals surface area contributed by atoms with Gasteiger partial charge in [-0.15, -0.1) is 23.1 Å². The molecule has 1 aromatic heterocycles. The van der Waals surface area contributed by atoms with Crippen molar-refractivity contribution in [2.24, 2.45) is 5.73 Å². The summed E-state index contributed by atoms with van der Waals surface area (Å²) < 4.78 is 56.0. The second kappa shape index (κ2) is 13.0. The number of carbonyl (C=O) groups excluding carboxylic acids is 1. The van der Waals surface area contributed by atoms with Crippen LogP contribution in [-0.4, -0.2) is 54.0 Å². The third-order valence-corrected chi connectivity index (χ3v) is 10.9. The van der Waals surface area contributed by atoms with Crippen molar-refractivity contribution in [3.63, 3.8) is 0 Å². The first-order chi connectivity index (χ1) is 17.8. The maximum Gasteiger partial charge on any atom is 0.224 e. The molecule has 0 atom stereocenters. The van der Waals surface area contributed by atoms with Crippen molar-refractivity contribution in [3.05, 3.63) is 52.9 Å². The van der Waals surface area contributed by atoms with Gasteiger partial charge < -0.3 is 15.8 Å². The highest BCUT2D eigenvalue weighted by atomic mass is 32.2. The Bertz CT molecular complexity index is 1600. The largest absolute Gasteiger partial charge is 0.497 e. The molecule has 0 saturated heterocycles. The fourth-order valence-corrected chi connectivity index (χ4v) is 8.40. The molecule has 3 aromatic rings. The van der Waals surface area contributed by atoms with Gasteiger partial charge in [-0.3, -0.25) is 10.2 Å². The second-order valence-corrected chi connectivity index (χ2v) is 14.9. The monoisotopic (exact) mass is 611 g/mol. The van der Waals surface area contributed by atoms with E-state index >= 15 is 0 Å². The van der Waals surface area contributed by atoms with Gasteiger partial charge in [0, 0.05) is 24.3 Å². The van der Waals surface area contributed by atoms with Gasteiger partial charge in [-0.25, -0.2) is 16.8 Å². The number of methoxy groups -OCH3 is 1. The van der Waals surface area contributed by atoms with Gasteiger partial charge >= 0.3 is 0 Å². The van der Waals surface area contributed by atoms with Crippen molar-refractivity contribution >= 4 is 60.2 Å². The molecule has 0 aliphatic rings. The van der Waals surface area contributed by atoms with Crippen LogP contribution in [0.25, 0.3) is 11.1 Å². The summed E-state index contributed by atoms with van der Waals surface area (Å²) in [4.78, 5) is 13.2. The fraction of sp³-hybridized carbons (Fsp3) is 0.308. The number of aryl methyl sites for hydroxylation is 1. The topological polar surface area (TPSA) is 156 Å². The number of anilines is 1. The Hall–Kier alpha value is -2.87. The number of nitrogen functional groups attached to an aromatic ring is 1. The van der Waals surface area contributed by atoms with Crippen LogP contribution in [0.1, 0.15) is 30.7 Å². The molecule has 1 heterocycles. The van der Waals surface area contributed by atoms with Crippen molar-refractivity contribution in [3.8, 4) is 16.9 Å². The summed E-state index contributed by atoms with van der Waals surface area (Å²) in [7, 11) is -5.63. The van der Waals surface area contributed by atoms with Gasteiger partial charge in [0.1, 0.15) is 21.4 Å². The number of nitrogens with one attached hydrogen (secondary N) is 2. The minimum Gasteiger partial charge on any atom is -0.497 e. The molecular formula is C26H33N3O6S4. The third-order valence-electron chi connectivity index (χ3n) is 5.58. The van der Waals surface area contributed by atoms with Crippen LogP contribution in [0.3, 0.4) is 0 Å². The lowest BCUT2D eigenvalue weighted by molar-refractivity contribution is -0.116. The lowest BCUT2D eigenvalue weighted by Gasteiger charge is -2.17. The molecule has 0 radical (unpaired) electrons. The predicted molar refractivity (Wildman–Crippen MR) is 160 cm³/mol. The quantitative estimate of drug-likeness (QED) is 0.156. The maximum absolute atomic E-state index is 13.6. The minimum absolute atomic E-state index is 0. The first-order valence-electron chi connectivity index (χ1n) is 11.3. The van der Waals surface area contributed by atoms with E-state index in [4.69, 9.17) is 15.9 Å². The van der Waals surface area contributed by atoms with E-state index in [1.165, 1.54) is 31.0 Å². The smallest absolute Gasteiger partial charge is 0.224 e. The number of thiophene rings is 1. The molecule has 39 heavy (non-hydrogen) atoms. The number of hydrogen-bond donors (Lipinski definition) is 3. The van der Waals surface area contributed by atoms with E-state index in [0.29, 0.717) is 31.7 Å². The lowest BCUT2D eigenvalue weighted by Crippen LogP contribution is -2.14. The SMILES string of the molecule is C.COc1cc(C)c(-c2cccc(S(=O)(=O)c3cc(C(=N)N)sc3SC)c2)c(NC(=O)CCCS(C)(=O)=O)c1. The van der Waals surface area contributed by atoms with E-state index in [1.807, 2.05) is 6.92 Å². The summed E-state index contributed by atoms with van der Waals surface area (Å²) >= 11 is 2.42. The third kappa shape index (κ3) is 7.84. The molecule has 212 valence electrons. The molecule has 13 heteroatoms. The molecule has 3 rings (SSSR count). The average Bonchev–Trinajstić information content (AvgIpc) is 3.29. The van der Waals surface area contributed by atoms with Gasteiger partial charge in [-0.05, 0) is 55.0 Å². The Balaban J connectivity index is 0.00000533. The highest BCUT2D eigenvalue weighted by Gasteiger charge is 2.26.